The number of H-pyrrole nitrogens is 1. The molecule has 0 spiro atoms. The van der Waals surface area contributed by atoms with Crippen molar-refractivity contribution >= 4 is 75.2 Å². The number of likely N-dealkylation sites (tertiary alicyclic amines) is 1. The van der Waals surface area contributed by atoms with Crippen LogP contribution in [0.2, 0.25) is 5.02 Å². The summed E-state index contributed by atoms with van der Waals surface area (Å²) in [6.45, 7) is 4.76. The number of anilines is 1. The molecule has 0 radical (unpaired) electrons. The monoisotopic (exact) mass is 753 g/mol. The molecule has 0 aromatic carbocycles. The number of thioether (sulfide) groups is 1. The first-order valence-electron chi connectivity index (χ1n) is 15.2. The lowest BCUT2D eigenvalue weighted by molar-refractivity contribution is -0.911. The van der Waals surface area contributed by atoms with Crippen LogP contribution in [0, 0.1) is 0 Å². The molecule has 50 heavy (non-hydrogen) atoms. The number of thiazole rings is 1. The van der Waals surface area contributed by atoms with Crippen molar-refractivity contribution < 1.29 is 48.6 Å². The number of aromatic nitrogens is 2. The Kier molecular flexibility index (Phi) is 10.5. The standard InChI is InChI=1S/C29H33ClN8O10S2/c1-29(2,27(46)47)48-36-17(14-12-50-28(31)34-14)23(42)35-19-24(43)37-20(26(44)45)13(11-49-25(19)37)10-38(6-3-4-7-38)8-5-32-22(41)18-16(30)21(40)15(39)9-33-18/h9,12,19,25H,3-8,10-11H2,1-2H3,(H7-,31,32,33,34,35,36,39,40,41,42,44,45,46,47)/p+1/t19-,25-/m1/s1. The summed E-state index contributed by atoms with van der Waals surface area (Å²) in [6.07, 6.45) is 2.71. The van der Waals surface area contributed by atoms with Crippen LogP contribution in [-0.2, 0) is 24.0 Å². The van der Waals surface area contributed by atoms with Gasteiger partial charge in [-0.05, 0) is 13.8 Å². The van der Waals surface area contributed by atoms with Crippen LogP contribution >= 0.6 is 34.7 Å². The molecule has 0 bridgehead atoms. The largest absolute Gasteiger partial charge is 0.503 e. The Morgan fingerprint density at radius 3 is 2.56 bits per heavy atom. The second kappa shape index (κ2) is 14.3. The molecule has 0 unspecified atom stereocenters. The smallest absolute Gasteiger partial charge is 0.352 e. The number of quaternary nitrogens is 1. The number of nitrogens with one attached hydrogen (secondary N) is 3. The molecule has 2 aromatic rings. The number of aromatic hydroxyl groups is 1. The minimum Gasteiger partial charge on any atom is -0.503 e. The minimum absolute atomic E-state index is 0.00482. The Labute approximate surface area is 296 Å². The summed E-state index contributed by atoms with van der Waals surface area (Å²) in [6, 6.07) is -1.12. The maximum atomic E-state index is 13.4. The molecule has 18 nitrogen and oxygen atoms in total. The van der Waals surface area contributed by atoms with Gasteiger partial charge in [-0.15, -0.1) is 23.1 Å². The van der Waals surface area contributed by atoms with E-state index in [2.05, 4.69) is 25.8 Å². The van der Waals surface area contributed by atoms with Gasteiger partial charge in [-0.1, -0.05) is 16.8 Å². The fourth-order valence-electron chi connectivity index (χ4n) is 5.84. The summed E-state index contributed by atoms with van der Waals surface area (Å²) in [5.74, 6) is -5.22. The number of amides is 3. The fraction of sp³-hybridized carbons (Fsp3) is 0.448. The Balaban J connectivity index is 1.30. The van der Waals surface area contributed by atoms with Crippen LogP contribution < -0.4 is 21.8 Å². The molecular formula is C29H34ClN8O10S2+. The van der Waals surface area contributed by atoms with E-state index in [1.807, 2.05) is 0 Å². The average molecular weight is 754 g/mol. The van der Waals surface area contributed by atoms with Gasteiger partial charge < -0.3 is 46.0 Å². The third-order valence-electron chi connectivity index (χ3n) is 8.54. The van der Waals surface area contributed by atoms with E-state index in [-0.39, 0.29) is 34.5 Å². The van der Waals surface area contributed by atoms with E-state index in [4.69, 9.17) is 22.2 Å². The highest BCUT2D eigenvalue weighted by Gasteiger charge is 2.55. The van der Waals surface area contributed by atoms with Crippen LogP contribution in [0.25, 0.3) is 0 Å². The van der Waals surface area contributed by atoms with E-state index in [9.17, 15) is 44.1 Å². The van der Waals surface area contributed by atoms with Gasteiger partial charge in [0, 0.05) is 35.7 Å². The molecule has 5 heterocycles. The van der Waals surface area contributed by atoms with E-state index < -0.39 is 68.6 Å². The number of hydrogen-bond donors (Lipinski definition) is 7. The number of pyridine rings is 1. The lowest BCUT2D eigenvalue weighted by Crippen LogP contribution is -2.71. The number of hydrogen-bond acceptors (Lipinski definition) is 13. The van der Waals surface area contributed by atoms with Crippen LogP contribution in [0.1, 0.15) is 42.9 Å². The van der Waals surface area contributed by atoms with Gasteiger partial charge in [0.25, 0.3) is 17.7 Å². The zero-order valence-electron chi connectivity index (χ0n) is 26.7. The maximum Gasteiger partial charge on any atom is 0.352 e. The van der Waals surface area contributed by atoms with Gasteiger partial charge in [0.1, 0.15) is 40.1 Å². The number of fused-ring (bicyclic) bond motifs is 1. The molecule has 0 aliphatic carbocycles. The highest BCUT2D eigenvalue weighted by Crippen LogP contribution is 2.41. The van der Waals surface area contributed by atoms with Gasteiger partial charge in [0.2, 0.25) is 11.0 Å². The molecule has 3 aliphatic rings. The van der Waals surface area contributed by atoms with Gasteiger partial charge in [0.15, 0.2) is 16.6 Å². The number of oxime groups is 1. The van der Waals surface area contributed by atoms with E-state index >= 15 is 0 Å². The number of rotatable bonds is 13. The number of halogens is 1. The van der Waals surface area contributed by atoms with Crippen molar-refractivity contribution in [2.75, 3.05) is 44.2 Å². The van der Waals surface area contributed by atoms with Gasteiger partial charge >= 0.3 is 11.9 Å². The molecule has 3 amide bonds. The van der Waals surface area contributed by atoms with E-state index in [0.717, 1.165) is 35.3 Å². The number of carbonyl (C=O) groups is 5. The van der Waals surface area contributed by atoms with Crippen LogP contribution in [-0.4, -0.2) is 126 Å². The van der Waals surface area contributed by atoms with Gasteiger partial charge in [-0.25, -0.2) is 14.6 Å². The van der Waals surface area contributed by atoms with Crippen LogP contribution in [0.3, 0.4) is 0 Å². The number of carboxylic acid groups (broad SMARTS) is 2. The van der Waals surface area contributed by atoms with Crippen molar-refractivity contribution in [3.05, 3.63) is 49.5 Å². The molecule has 2 fully saturated rings. The zero-order chi connectivity index (χ0) is 36.5. The van der Waals surface area contributed by atoms with Gasteiger partial charge in [-0.3, -0.25) is 24.1 Å². The van der Waals surface area contributed by atoms with Crippen LogP contribution in [0.4, 0.5) is 5.13 Å². The number of nitrogens with zero attached hydrogens (tertiary/aromatic N) is 4. The number of aromatic amines is 1. The second-order valence-corrected chi connectivity index (χ2v) is 14.7. The molecule has 268 valence electrons. The van der Waals surface area contributed by atoms with Crippen molar-refractivity contribution in [3.8, 4) is 5.75 Å². The topological polar surface area (TPSA) is 267 Å². The second-order valence-electron chi connectivity index (χ2n) is 12.4. The number of nitrogens with two attached hydrogens (primary N) is 1. The van der Waals surface area contributed by atoms with Crippen LogP contribution in [0.5, 0.6) is 5.75 Å². The van der Waals surface area contributed by atoms with Gasteiger partial charge in [0.05, 0.1) is 26.2 Å². The SMILES string of the molecule is CC(C)(O/N=C(/C(=O)N[C@@H]1C(=O)N2C(C(=O)O)=C(C[N+]3(CCNC(=O)c4[nH]cc(O)c(=O)c4Cl)CCCC3)CS[C@H]12)c1csc(N)n1)C(=O)O. The normalized spacial score (nSPS) is 20.2. The molecule has 0 saturated carbocycles. The summed E-state index contributed by atoms with van der Waals surface area (Å²) in [7, 11) is 0. The number of aliphatic carboxylic acids is 2. The molecule has 5 rings (SSSR count). The third-order valence-corrected chi connectivity index (χ3v) is 10.9. The summed E-state index contributed by atoms with van der Waals surface area (Å²) in [4.78, 5) is 88.4. The quantitative estimate of drug-likeness (QED) is 0.0622. The summed E-state index contributed by atoms with van der Waals surface area (Å²) < 4.78 is 0.447. The Morgan fingerprint density at radius 2 is 1.94 bits per heavy atom. The minimum atomic E-state index is -1.80. The molecule has 2 atom stereocenters. The highest BCUT2D eigenvalue weighted by atomic mass is 35.5. The zero-order valence-corrected chi connectivity index (χ0v) is 29.1. The van der Waals surface area contributed by atoms with Crippen molar-refractivity contribution in [1.29, 1.82) is 0 Å². The third kappa shape index (κ3) is 7.28. The average Bonchev–Trinajstić information content (AvgIpc) is 3.71. The molecular weight excluding hydrogens is 720 g/mol. The van der Waals surface area contributed by atoms with Crippen molar-refractivity contribution in [2.45, 2.75) is 43.7 Å². The fourth-order valence-corrected chi connectivity index (χ4v) is 7.96. The van der Waals surface area contributed by atoms with Crippen molar-refractivity contribution in [2.24, 2.45) is 5.16 Å². The van der Waals surface area contributed by atoms with Gasteiger partial charge in [-0.2, -0.15) is 0 Å². The Morgan fingerprint density at radius 1 is 1.24 bits per heavy atom. The van der Waals surface area contributed by atoms with E-state index in [0.29, 0.717) is 36.2 Å². The molecule has 21 heteroatoms. The van der Waals surface area contributed by atoms with E-state index in [1.165, 1.54) is 31.0 Å². The Bertz CT molecular complexity index is 1870. The molecule has 3 aliphatic heterocycles. The number of nitrogen functional groups attached to an aromatic ring is 1. The predicted octanol–water partition coefficient (Wildman–Crippen LogP) is 0.136. The highest BCUT2D eigenvalue weighted by molar-refractivity contribution is 8.00. The van der Waals surface area contributed by atoms with Crippen molar-refractivity contribution in [1.82, 2.24) is 25.5 Å². The Hall–Kier alpha value is -4.66. The first-order valence-corrected chi connectivity index (χ1v) is 17.5. The first kappa shape index (κ1) is 36.6. The number of carbonyl (C=O) groups excluding carboxylic acids is 3. The first-order chi connectivity index (χ1) is 23.5. The van der Waals surface area contributed by atoms with E-state index in [1.54, 1.807) is 0 Å². The summed E-state index contributed by atoms with van der Waals surface area (Å²) in [5.41, 5.74) is 2.78. The lowest BCUT2D eigenvalue weighted by Gasteiger charge is -2.50. The molecule has 2 aromatic heterocycles. The van der Waals surface area contributed by atoms with Crippen LogP contribution in [0.15, 0.2) is 32.8 Å². The lowest BCUT2D eigenvalue weighted by atomic mass is 10.0. The molecule has 2 saturated heterocycles. The molecule has 8 N–H and O–H groups in total. The number of carboxylic acids is 2. The summed E-state index contributed by atoms with van der Waals surface area (Å²) >= 11 is 8.23. The van der Waals surface area contributed by atoms with Crippen molar-refractivity contribution in [3.63, 3.8) is 0 Å². The summed E-state index contributed by atoms with van der Waals surface area (Å²) in [5, 5.41) is 38.5. The predicted molar refractivity (Wildman–Crippen MR) is 181 cm³/mol. The maximum absolute atomic E-state index is 13.4. The number of β-lactam (4-membered cyclic amide) rings is 1.